The van der Waals surface area contributed by atoms with Gasteiger partial charge >= 0.3 is 0 Å². The minimum Gasteiger partial charge on any atom is -0.312 e. The highest BCUT2D eigenvalue weighted by Crippen LogP contribution is 2.29. The fourth-order valence-electron chi connectivity index (χ4n) is 3.40. The highest BCUT2D eigenvalue weighted by Gasteiger charge is 2.24. The summed E-state index contributed by atoms with van der Waals surface area (Å²) in [5, 5.41) is 12.5. The van der Waals surface area contributed by atoms with Crippen LogP contribution in [0.4, 0.5) is 0 Å². The molecule has 3 rings (SSSR count). The van der Waals surface area contributed by atoms with Crippen LogP contribution < -0.4 is 10.9 Å². The quantitative estimate of drug-likeness (QED) is 0.835. The summed E-state index contributed by atoms with van der Waals surface area (Å²) in [6.45, 7) is 1.70. The van der Waals surface area contributed by atoms with E-state index in [-0.39, 0.29) is 5.56 Å². The van der Waals surface area contributed by atoms with Crippen molar-refractivity contribution in [3.8, 4) is 6.07 Å². The number of nitrogens with zero attached hydrogens (tertiary/aromatic N) is 2. The van der Waals surface area contributed by atoms with Crippen LogP contribution in [-0.2, 0) is 13.0 Å². The van der Waals surface area contributed by atoms with Crippen molar-refractivity contribution in [1.29, 1.82) is 5.26 Å². The fraction of sp³-hybridized carbons (Fsp3) is 0.600. The largest absolute Gasteiger partial charge is 0.312 e. The van der Waals surface area contributed by atoms with E-state index < -0.39 is 0 Å². The molecule has 4 heteroatoms. The van der Waals surface area contributed by atoms with Crippen LogP contribution in [0.25, 0.3) is 0 Å². The Kier molecular flexibility index (Phi) is 3.39. The zero-order valence-electron chi connectivity index (χ0n) is 11.1. The van der Waals surface area contributed by atoms with E-state index in [1.54, 1.807) is 6.07 Å². The van der Waals surface area contributed by atoms with Crippen LogP contribution in [0, 0.1) is 11.3 Å². The lowest BCUT2D eigenvalue weighted by Gasteiger charge is -2.30. The lowest BCUT2D eigenvalue weighted by atomic mass is 9.93. The van der Waals surface area contributed by atoms with Crippen LogP contribution in [0.5, 0.6) is 0 Å². The van der Waals surface area contributed by atoms with Crippen molar-refractivity contribution in [3.05, 3.63) is 33.2 Å². The molecule has 0 saturated heterocycles. The van der Waals surface area contributed by atoms with E-state index in [0.29, 0.717) is 11.6 Å². The molecule has 1 aromatic rings. The van der Waals surface area contributed by atoms with Crippen molar-refractivity contribution in [2.24, 2.45) is 0 Å². The molecule has 0 spiro atoms. The van der Waals surface area contributed by atoms with Gasteiger partial charge in [-0.3, -0.25) is 4.79 Å². The molecule has 0 bridgehead atoms. The lowest BCUT2D eigenvalue weighted by molar-refractivity contribution is 0.334. The van der Waals surface area contributed by atoms with Gasteiger partial charge in [0.25, 0.3) is 5.56 Å². The van der Waals surface area contributed by atoms with Crippen LogP contribution in [-0.4, -0.2) is 11.1 Å². The maximum absolute atomic E-state index is 12.5. The molecular weight excluding hydrogens is 238 g/mol. The Morgan fingerprint density at radius 2 is 2.11 bits per heavy atom. The van der Waals surface area contributed by atoms with E-state index in [9.17, 15) is 4.79 Å². The zero-order valence-corrected chi connectivity index (χ0v) is 11.1. The predicted molar refractivity (Wildman–Crippen MR) is 72.9 cm³/mol. The molecule has 19 heavy (non-hydrogen) atoms. The predicted octanol–water partition coefficient (Wildman–Crippen LogP) is 1.87. The topological polar surface area (TPSA) is 57.8 Å². The molecular formula is C15H19N3O. The van der Waals surface area contributed by atoms with Crippen molar-refractivity contribution in [1.82, 2.24) is 9.88 Å². The molecule has 0 atom stereocenters. The van der Waals surface area contributed by atoms with E-state index >= 15 is 0 Å². The van der Waals surface area contributed by atoms with Gasteiger partial charge in [-0.2, -0.15) is 5.26 Å². The summed E-state index contributed by atoms with van der Waals surface area (Å²) in [5.41, 5.74) is 2.52. The number of aromatic nitrogens is 1. The number of hydrogen-bond donors (Lipinski definition) is 1. The van der Waals surface area contributed by atoms with Crippen molar-refractivity contribution >= 4 is 0 Å². The second kappa shape index (κ2) is 5.18. The minimum atomic E-state index is -0.0740. The Morgan fingerprint density at radius 3 is 2.84 bits per heavy atom. The first-order valence-corrected chi connectivity index (χ1v) is 7.19. The molecule has 1 fully saturated rings. The number of pyridine rings is 1. The van der Waals surface area contributed by atoms with Crippen LogP contribution in [0.15, 0.2) is 10.9 Å². The summed E-state index contributed by atoms with van der Waals surface area (Å²) in [6.07, 6.45) is 6.71. The molecule has 0 radical (unpaired) electrons. The number of rotatable bonds is 1. The van der Waals surface area contributed by atoms with Gasteiger partial charge in [-0.05, 0) is 24.5 Å². The van der Waals surface area contributed by atoms with Gasteiger partial charge in [0.1, 0.15) is 11.6 Å². The Balaban J connectivity index is 2.14. The standard InChI is InChI=1S/C15H19N3O/c16-9-11-8-12-10-17-7-6-14(12)18(15(11)19)13-4-2-1-3-5-13/h8,13,17H,1-7,10H2. The number of hydrogen-bond acceptors (Lipinski definition) is 3. The highest BCUT2D eigenvalue weighted by atomic mass is 16.1. The third-order valence-electron chi connectivity index (χ3n) is 4.34. The average molecular weight is 257 g/mol. The Labute approximate surface area is 113 Å². The van der Waals surface area contributed by atoms with Gasteiger partial charge < -0.3 is 9.88 Å². The highest BCUT2D eigenvalue weighted by molar-refractivity contribution is 5.35. The van der Waals surface area contributed by atoms with Crippen molar-refractivity contribution < 1.29 is 0 Å². The van der Waals surface area contributed by atoms with Gasteiger partial charge in [0.05, 0.1) is 0 Å². The first kappa shape index (κ1) is 12.4. The fourth-order valence-corrected chi connectivity index (χ4v) is 3.40. The van der Waals surface area contributed by atoms with E-state index in [1.807, 2.05) is 4.57 Å². The monoisotopic (exact) mass is 257 g/mol. The van der Waals surface area contributed by atoms with Gasteiger partial charge in [0, 0.05) is 31.2 Å². The molecule has 2 heterocycles. The van der Waals surface area contributed by atoms with E-state index in [1.165, 1.54) is 19.3 Å². The Morgan fingerprint density at radius 1 is 1.32 bits per heavy atom. The van der Waals surface area contributed by atoms with Crippen LogP contribution in [0.1, 0.15) is 55.0 Å². The van der Waals surface area contributed by atoms with Crippen molar-refractivity contribution in [2.75, 3.05) is 6.54 Å². The first-order valence-electron chi connectivity index (χ1n) is 7.19. The normalized spacial score (nSPS) is 19.7. The Hall–Kier alpha value is -1.60. The molecule has 0 aromatic carbocycles. The molecule has 0 unspecified atom stereocenters. The summed E-state index contributed by atoms with van der Waals surface area (Å²) in [5.74, 6) is 0. The summed E-state index contributed by atoms with van der Waals surface area (Å²) >= 11 is 0. The number of nitriles is 1. The molecule has 2 aliphatic rings. The van der Waals surface area contributed by atoms with Crippen molar-refractivity contribution in [3.63, 3.8) is 0 Å². The molecule has 1 N–H and O–H groups in total. The lowest BCUT2D eigenvalue weighted by Crippen LogP contribution is -2.36. The van der Waals surface area contributed by atoms with Gasteiger partial charge in [-0.25, -0.2) is 0 Å². The first-order chi connectivity index (χ1) is 9.31. The zero-order chi connectivity index (χ0) is 13.2. The maximum atomic E-state index is 12.5. The van der Waals surface area contributed by atoms with Crippen LogP contribution in [0.3, 0.4) is 0 Å². The van der Waals surface area contributed by atoms with Gasteiger partial charge in [-0.15, -0.1) is 0 Å². The van der Waals surface area contributed by atoms with Gasteiger partial charge in [0.2, 0.25) is 0 Å². The SMILES string of the molecule is N#Cc1cc2c(n(C3CCCCC3)c1=O)CCNC2. The van der Waals surface area contributed by atoms with Crippen LogP contribution in [0.2, 0.25) is 0 Å². The smallest absolute Gasteiger partial charge is 0.268 e. The molecule has 1 aliphatic carbocycles. The summed E-state index contributed by atoms with van der Waals surface area (Å²) in [4.78, 5) is 12.5. The van der Waals surface area contributed by atoms with Crippen molar-refractivity contribution in [2.45, 2.75) is 51.1 Å². The van der Waals surface area contributed by atoms with E-state index in [0.717, 1.165) is 43.6 Å². The molecule has 1 aliphatic heterocycles. The summed E-state index contributed by atoms with van der Waals surface area (Å²) < 4.78 is 1.95. The minimum absolute atomic E-state index is 0.0740. The number of nitrogens with one attached hydrogen (secondary N) is 1. The molecule has 0 amide bonds. The third kappa shape index (κ3) is 2.19. The number of fused-ring (bicyclic) bond motifs is 1. The van der Waals surface area contributed by atoms with Gasteiger partial charge in [0.15, 0.2) is 0 Å². The molecule has 1 aromatic heterocycles. The maximum Gasteiger partial charge on any atom is 0.268 e. The Bertz CT molecular complexity index is 576. The second-order valence-electron chi connectivity index (χ2n) is 5.54. The molecule has 100 valence electrons. The third-order valence-corrected chi connectivity index (χ3v) is 4.34. The summed E-state index contributed by atoms with van der Waals surface area (Å²) in [6, 6.07) is 4.15. The van der Waals surface area contributed by atoms with Crippen LogP contribution >= 0.6 is 0 Å². The molecule has 1 saturated carbocycles. The molecule has 4 nitrogen and oxygen atoms in total. The summed E-state index contributed by atoms with van der Waals surface area (Å²) in [7, 11) is 0. The van der Waals surface area contributed by atoms with E-state index in [4.69, 9.17) is 5.26 Å². The second-order valence-corrected chi connectivity index (χ2v) is 5.54. The average Bonchev–Trinajstić information content (AvgIpc) is 2.47. The van der Waals surface area contributed by atoms with E-state index in [2.05, 4.69) is 11.4 Å². The van der Waals surface area contributed by atoms with Gasteiger partial charge in [-0.1, -0.05) is 19.3 Å².